The fourth-order valence-corrected chi connectivity index (χ4v) is 1.66. The van der Waals surface area contributed by atoms with Gasteiger partial charge >= 0.3 is 5.97 Å². The Labute approximate surface area is 97.4 Å². The van der Waals surface area contributed by atoms with Crippen LogP contribution in [-0.2, 0) is 9.53 Å². The molecule has 0 unspecified atom stereocenters. The van der Waals surface area contributed by atoms with Crippen LogP contribution in [0.5, 0.6) is 5.75 Å². The van der Waals surface area contributed by atoms with E-state index in [9.17, 15) is 14.7 Å². The average Bonchev–Trinajstić information content (AvgIpc) is 2.36. The number of rotatable bonds is 2. The van der Waals surface area contributed by atoms with Gasteiger partial charge in [0.2, 0.25) is 0 Å². The molecule has 0 aliphatic heterocycles. The third kappa shape index (κ3) is 1.97. The normalized spacial score (nSPS) is 10.2. The molecule has 17 heavy (non-hydrogen) atoms. The second-order valence-corrected chi connectivity index (χ2v) is 3.53. The van der Waals surface area contributed by atoms with Gasteiger partial charge in [-0.3, -0.25) is 4.79 Å². The number of benzene rings is 2. The van der Waals surface area contributed by atoms with Crippen molar-refractivity contribution in [1.29, 1.82) is 0 Å². The molecule has 0 aliphatic rings. The zero-order chi connectivity index (χ0) is 12.4. The van der Waals surface area contributed by atoms with Crippen molar-refractivity contribution >= 4 is 22.5 Å². The highest BCUT2D eigenvalue weighted by Gasteiger charge is 2.18. The molecule has 86 valence electrons. The summed E-state index contributed by atoms with van der Waals surface area (Å²) in [5.41, 5.74) is 0.227. The van der Waals surface area contributed by atoms with E-state index in [1.807, 2.05) is 0 Å². The minimum atomic E-state index is -0.916. The Balaban J connectivity index is 2.65. The quantitative estimate of drug-likeness (QED) is 0.486. The zero-order valence-corrected chi connectivity index (χ0v) is 9.14. The van der Waals surface area contributed by atoms with Gasteiger partial charge in [-0.2, -0.15) is 0 Å². The SMILES string of the molecule is COC(=O)C(=O)c1cccc2ccc(O)cc12. The Morgan fingerprint density at radius 2 is 1.94 bits per heavy atom. The summed E-state index contributed by atoms with van der Waals surface area (Å²) in [6, 6.07) is 9.65. The molecule has 4 heteroatoms. The van der Waals surface area contributed by atoms with Crippen LogP contribution in [0.3, 0.4) is 0 Å². The van der Waals surface area contributed by atoms with Crippen molar-refractivity contribution in [2.24, 2.45) is 0 Å². The number of ketones is 1. The smallest absolute Gasteiger partial charge is 0.379 e. The summed E-state index contributed by atoms with van der Waals surface area (Å²) in [6.45, 7) is 0. The maximum atomic E-state index is 11.7. The number of phenolic OH excluding ortho intramolecular Hbond substituents is 1. The lowest BCUT2D eigenvalue weighted by Gasteiger charge is -2.04. The lowest BCUT2D eigenvalue weighted by molar-refractivity contribution is -0.135. The second kappa shape index (κ2) is 4.25. The first kappa shape index (κ1) is 11.1. The van der Waals surface area contributed by atoms with Gasteiger partial charge in [0.1, 0.15) is 5.75 Å². The van der Waals surface area contributed by atoms with Crippen molar-refractivity contribution in [3.05, 3.63) is 42.0 Å². The van der Waals surface area contributed by atoms with E-state index in [0.717, 1.165) is 12.5 Å². The van der Waals surface area contributed by atoms with Gasteiger partial charge in [0.15, 0.2) is 0 Å². The molecule has 0 fully saturated rings. The molecule has 0 heterocycles. The maximum absolute atomic E-state index is 11.7. The summed E-state index contributed by atoms with van der Waals surface area (Å²) >= 11 is 0. The average molecular weight is 230 g/mol. The number of carbonyl (C=O) groups excluding carboxylic acids is 2. The number of methoxy groups -OCH3 is 1. The van der Waals surface area contributed by atoms with Crippen LogP contribution in [0.15, 0.2) is 36.4 Å². The monoisotopic (exact) mass is 230 g/mol. The van der Waals surface area contributed by atoms with E-state index in [1.54, 1.807) is 18.2 Å². The van der Waals surface area contributed by atoms with Crippen molar-refractivity contribution in [1.82, 2.24) is 0 Å². The first-order chi connectivity index (χ1) is 8.13. The highest BCUT2D eigenvalue weighted by molar-refractivity contribution is 6.42. The van der Waals surface area contributed by atoms with Crippen molar-refractivity contribution in [2.45, 2.75) is 0 Å². The predicted molar refractivity (Wildman–Crippen MR) is 62.0 cm³/mol. The van der Waals surface area contributed by atoms with Crippen LogP contribution in [0.1, 0.15) is 10.4 Å². The fourth-order valence-electron chi connectivity index (χ4n) is 1.66. The lowest BCUT2D eigenvalue weighted by atomic mass is 10.0. The molecule has 0 saturated heterocycles. The van der Waals surface area contributed by atoms with E-state index in [4.69, 9.17) is 0 Å². The fraction of sp³-hybridized carbons (Fsp3) is 0.0769. The van der Waals surface area contributed by atoms with Gasteiger partial charge in [-0.05, 0) is 22.9 Å². The molecule has 0 amide bonds. The number of fused-ring (bicyclic) bond motifs is 1. The third-order valence-corrected chi connectivity index (χ3v) is 2.48. The Kier molecular flexibility index (Phi) is 2.78. The number of hydrogen-bond donors (Lipinski definition) is 1. The number of phenols is 1. The van der Waals surface area contributed by atoms with E-state index in [-0.39, 0.29) is 11.3 Å². The van der Waals surface area contributed by atoms with Crippen LogP contribution in [0.25, 0.3) is 10.8 Å². The second-order valence-electron chi connectivity index (χ2n) is 3.53. The van der Waals surface area contributed by atoms with Gasteiger partial charge in [-0.1, -0.05) is 24.3 Å². The number of aromatic hydroxyl groups is 1. The van der Waals surface area contributed by atoms with Crippen LogP contribution in [0.4, 0.5) is 0 Å². The maximum Gasteiger partial charge on any atom is 0.379 e. The van der Waals surface area contributed by atoms with Crippen LogP contribution in [-0.4, -0.2) is 24.0 Å². The van der Waals surface area contributed by atoms with Gasteiger partial charge in [-0.15, -0.1) is 0 Å². The highest BCUT2D eigenvalue weighted by Crippen LogP contribution is 2.23. The summed E-state index contributed by atoms with van der Waals surface area (Å²) in [5.74, 6) is -1.59. The van der Waals surface area contributed by atoms with E-state index in [1.165, 1.54) is 18.2 Å². The first-order valence-corrected chi connectivity index (χ1v) is 4.98. The molecule has 1 N–H and O–H groups in total. The topological polar surface area (TPSA) is 63.6 Å². The molecule has 0 spiro atoms. The number of Topliss-reactive ketones (excluding diaryl/α,β-unsaturated/α-hetero) is 1. The molecular formula is C13H10O4. The Morgan fingerprint density at radius 1 is 1.18 bits per heavy atom. The highest BCUT2D eigenvalue weighted by atomic mass is 16.5. The van der Waals surface area contributed by atoms with Crippen LogP contribution < -0.4 is 0 Å². The molecule has 0 saturated carbocycles. The standard InChI is InChI=1S/C13H10O4/c1-17-13(16)12(15)10-4-2-3-8-5-6-9(14)7-11(8)10/h2-7,14H,1H3. The number of hydrogen-bond acceptors (Lipinski definition) is 4. The Bertz CT molecular complexity index is 601. The van der Waals surface area contributed by atoms with Gasteiger partial charge < -0.3 is 9.84 Å². The molecule has 0 atom stereocenters. The number of esters is 1. The van der Waals surface area contributed by atoms with Crippen molar-refractivity contribution < 1.29 is 19.4 Å². The first-order valence-electron chi connectivity index (χ1n) is 4.98. The molecule has 0 radical (unpaired) electrons. The van der Waals surface area contributed by atoms with Gasteiger partial charge in [0, 0.05) is 5.56 Å². The van der Waals surface area contributed by atoms with Crippen molar-refractivity contribution in [3.8, 4) is 5.75 Å². The summed E-state index contributed by atoms with van der Waals surface area (Å²) in [7, 11) is 1.16. The van der Waals surface area contributed by atoms with E-state index in [2.05, 4.69) is 4.74 Å². The molecule has 2 aromatic carbocycles. The van der Waals surface area contributed by atoms with Crippen LogP contribution in [0, 0.1) is 0 Å². The van der Waals surface area contributed by atoms with E-state index < -0.39 is 11.8 Å². The van der Waals surface area contributed by atoms with Crippen LogP contribution >= 0.6 is 0 Å². The Morgan fingerprint density at radius 3 is 2.65 bits per heavy atom. The van der Waals surface area contributed by atoms with Crippen molar-refractivity contribution in [3.63, 3.8) is 0 Å². The summed E-state index contributed by atoms with van der Waals surface area (Å²) in [4.78, 5) is 23.0. The molecule has 0 aliphatic carbocycles. The summed E-state index contributed by atoms with van der Waals surface area (Å²) in [6.07, 6.45) is 0. The van der Waals surface area contributed by atoms with Crippen LogP contribution in [0.2, 0.25) is 0 Å². The largest absolute Gasteiger partial charge is 0.508 e. The number of ether oxygens (including phenoxy) is 1. The van der Waals surface area contributed by atoms with Crippen molar-refractivity contribution in [2.75, 3.05) is 7.11 Å². The number of carbonyl (C=O) groups is 2. The molecule has 4 nitrogen and oxygen atoms in total. The molecule has 0 aromatic heterocycles. The molecule has 0 bridgehead atoms. The van der Waals surface area contributed by atoms with Gasteiger partial charge in [0.05, 0.1) is 7.11 Å². The summed E-state index contributed by atoms with van der Waals surface area (Å²) in [5, 5.41) is 10.7. The van der Waals surface area contributed by atoms with E-state index in [0.29, 0.717) is 5.39 Å². The molecular weight excluding hydrogens is 220 g/mol. The minimum absolute atomic E-state index is 0.0441. The molecule has 2 rings (SSSR count). The van der Waals surface area contributed by atoms with E-state index >= 15 is 0 Å². The minimum Gasteiger partial charge on any atom is -0.508 e. The molecule has 2 aromatic rings. The lowest BCUT2D eigenvalue weighted by Crippen LogP contribution is -2.15. The van der Waals surface area contributed by atoms with Gasteiger partial charge in [0.25, 0.3) is 5.78 Å². The third-order valence-electron chi connectivity index (χ3n) is 2.48. The summed E-state index contributed by atoms with van der Waals surface area (Å²) < 4.78 is 4.39. The Hall–Kier alpha value is -2.36. The predicted octanol–water partition coefficient (Wildman–Crippen LogP) is 1.90. The van der Waals surface area contributed by atoms with Gasteiger partial charge in [-0.25, -0.2) is 4.79 Å². The zero-order valence-electron chi connectivity index (χ0n) is 9.14.